The average molecular weight is 399 g/mol. The third-order valence-corrected chi connectivity index (χ3v) is 7.97. The van der Waals surface area contributed by atoms with Crippen LogP contribution in [0.2, 0.25) is 0 Å². The Morgan fingerprint density at radius 3 is 1.96 bits per heavy atom. The van der Waals surface area contributed by atoms with Crippen molar-refractivity contribution in [2.45, 2.75) is 103 Å². The number of benzene rings is 1. The Balaban J connectivity index is 2.54. The molecule has 2 unspecified atom stereocenters. The lowest BCUT2D eigenvalue weighted by molar-refractivity contribution is 0.683. The Labute approximate surface area is 177 Å². The van der Waals surface area contributed by atoms with Gasteiger partial charge in [0.05, 0.1) is 0 Å². The fraction of sp³-hybridized carbons (Fsp3) is 0.630. The van der Waals surface area contributed by atoms with Gasteiger partial charge < -0.3 is 0 Å². The quantitative estimate of drug-likeness (QED) is 0.272. The number of rotatable bonds is 10. The lowest BCUT2D eigenvalue weighted by Crippen LogP contribution is -2.24. The Morgan fingerprint density at radius 1 is 0.857 bits per heavy atom. The molecule has 1 heteroatoms. The van der Waals surface area contributed by atoms with Crippen molar-refractivity contribution in [2.75, 3.05) is 6.16 Å². The molecule has 2 atom stereocenters. The highest BCUT2D eigenvalue weighted by molar-refractivity contribution is 7.39. The van der Waals surface area contributed by atoms with E-state index < -0.39 is 0 Å². The van der Waals surface area contributed by atoms with Gasteiger partial charge in [-0.15, -0.1) is 8.58 Å². The molecule has 1 aliphatic rings. The van der Waals surface area contributed by atoms with E-state index in [2.05, 4.69) is 84.9 Å². The van der Waals surface area contributed by atoms with Gasteiger partial charge in [-0.25, -0.2) is 0 Å². The maximum atomic E-state index is 2.55. The number of unbranched alkanes of at least 4 members (excludes halogenated alkanes) is 3. The molecule has 1 aliphatic carbocycles. The summed E-state index contributed by atoms with van der Waals surface area (Å²) in [6, 6.07) is 5.07. The summed E-state index contributed by atoms with van der Waals surface area (Å²) in [4.78, 5) is 0. The molecule has 0 saturated carbocycles. The van der Waals surface area contributed by atoms with Gasteiger partial charge in [0.15, 0.2) is 0 Å². The molecule has 1 aromatic rings. The zero-order chi connectivity index (χ0) is 20.7. The van der Waals surface area contributed by atoms with Crippen LogP contribution in [-0.2, 0) is 5.16 Å². The van der Waals surface area contributed by atoms with Gasteiger partial charge in [0.2, 0.25) is 0 Å². The zero-order valence-electron chi connectivity index (χ0n) is 19.4. The fourth-order valence-corrected chi connectivity index (χ4v) is 6.17. The molecular weight excluding hydrogens is 355 g/mol. The second kappa shape index (κ2) is 10.8. The summed E-state index contributed by atoms with van der Waals surface area (Å²) in [6.45, 7) is 16.5. The first-order chi connectivity index (χ1) is 13.3. The highest BCUT2D eigenvalue weighted by Crippen LogP contribution is 2.53. The van der Waals surface area contributed by atoms with E-state index in [4.69, 9.17) is 0 Å². The van der Waals surface area contributed by atoms with E-state index in [1.165, 1.54) is 37.4 Å². The van der Waals surface area contributed by atoms with Crippen LogP contribution >= 0.6 is 8.58 Å². The molecule has 2 rings (SSSR count). The molecule has 156 valence electrons. The molecule has 28 heavy (non-hydrogen) atoms. The van der Waals surface area contributed by atoms with Gasteiger partial charge in [-0.05, 0) is 59.0 Å². The molecule has 0 N–H and O–H groups in total. The smallest absolute Gasteiger partial charge is 0.0346 e. The standard InChI is InChI=1S/C27H43P/c1-8-9-10-14-17-28-27(15-12-11-13-16-27)26-24(21(4)5)18-23(20(2)3)19-25(26)22(6)7/h11-13,15,18-22,28H,8-10,14,16-17H2,1-7H3. The summed E-state index contributed by atoms with van der Waals surface area (Å²) >= 11 is 0. The summed E-state index contributed by atoms with van der Waals surface area (Å²) in [7, 11) is 0.972. The average Bonchev–Trinajstić information content (AvgIpc) is 2.67. The first-order valence-corrected chi connectivity index (χ1v) is 12.8. The van der Waals surface area contributed by atoms with Gasteiger partial charge in [0, 0.05) is 5.16 Å². The van der Waals surface area contributed by atoms with Crippen molar-refractivity contribution in [3.05, 3.63) is 58.7 Å². The van der Waals surface area contributed by atoms with Crippen LogP contribution in [0.15, 0.2) is 36.4 Å². The zero-order valence-corrected chi connectivity index (χ0v) is 20.4. The fourth-order valence-electron chi connectivity index (χ4n) is 4.36. The van der Waals surface area contributed by atoms with Crippen LogP contribution in [0, 0.1) is 0 Å². The Hall–Kier alpha value is -0.870. The Bertz CT molecular complexity index is 648. The number of hydrogen-bond acceptors (Lipinski definition) is 0. The van der Waals surface area contributed by atoms with E-state index in [-0.39, 0.29) is 5.16 Å². The minimum atomic E-state index is 0.204. The Morgan fingerprint density at radius 2 is 1.50 bits per heavy atom. The molecule has 1 aromatic carbocycles. The molecule has 0 fully saturated rings. The van der Waals surface area contributed by atoms with Crippen molar-refractivity contribution in [3.8, 4) is 0 Å². The van der Waals surface area contributed by atoms with Crippen LogP contribution in [0.1, 0.15) is 121 Å². The second-order valence-electron chi connectivity index (χ2n) is 9.49. The van der Waals surface area contributed by atoms with Gasteiger partial charge >= 0.3 is 0 Å². The van der Waals surface area contributed by atoms with Gasteiger partial charge in [-0.1, -0.05) is 104 Å². The van der Waals surface area contributed by atoms with Crippen molar-refractivity contribution >= 4 is 8.58 Å². The van der Waals surface area contributed by atoms with Crippen LogP contribution in [0.3, 0.4) is 0 Å². The van der Waals surface area contributed by atoms with Crippen molar-refractivity contribution in [1.82, 2.24) is 0 Å². The molecule has 0 aromatic heterocycles. The normalized spacial score (nSPS) is 19.8. The van der Waals surface area contributed by atoms with Crippen molar-refractivity contribution in [2.24, 2.45) is 0 Å². The van der Waals surface area contributed by atoms with Crippen LogP contribution < -0.4 is 0 Å². The lowest BCUT2D eigenvalue weighted by atomic mass is 9.77. The van der Waals surface area contributed by atoms with Crippen LogP contribution in [0.5, 0.6) is 0 Å². The SMILES string of the molecule is CCCCCCPC1(c2c(C(C)C)cc(C(C)C)cc2C(C)C)C=CC=CC1. The van der Waals surface area contributed by atoms with Crippen LogP contribution in [-0.4, -0.2) is 6.16 Å². The van der Waals surface area contributed by atoms with E-state index in [1.807, 2.05) is 0 Å². The van der Waals surface area contributed by atoms with Gasteiger partial charge in [0.1, 0.15) is 0 Å². The van der Waals surface area contributed by atoms with Crippen LogP contribution in [0.4, 0.5) is 0 Å². The summed E-state index contributed by atoms with van der Waals surface area (Å²) in [5, 5.41) is 0.204. The molecular formula is C27H43P. The summed E-state index contributed by atoms with van der Waals surface area (Å²) in [5.74, 6) is 1.71. The molecule has 0 spiro atoms. The molecule has 0 bridgehead atoms. The molecule has 0 aliphatic heterocycles. The predicted octanol–water partition coefficient (Wildman–Crippen LogP) is 9.03. The number of hydrogen-bond donors (Lipinski definition) is 0. The van der Waals surface area contributed by atoms with Gasteiger partial charge in [-0.2, -0.15) is 0 Å². The molecule has 0 nitrogen and oxygen atoms in total. The monoisotopic (exact) mass is 398 g/mol. The van der Waals surface area contributed by atoms with Crippen molar-refractivity contribution in [3.63, 3.8) is 0 Å². The van der Waals surface area contributed by atoms with E-state index in [0.717, 1.165) is 15.0 Å². The van der Waals surface area contributed by atoms with Crippen molar-refractivity contribution in [1.29, 1.82) is 0 Å². The van der Waals surface area contributed by atoms with E-state index >= 15 is 0 Å². The van der Waals surface area contributed by atoms with Gasteiger partial charge in [-0.3, -0.25) is 0 Å². The van der Waals surface area contributed by atoms with Crippen molar-refractivity contribution < 1.29 is 0 Å². The highest BCUT2D eigenvalue weighted by Gasteiger charge is 2.35. The van der Waals surface area contributed by atoms with E-state index in [9.17, 15) is 0 Å². The maximum Gasteiger partial charge on any atom is 0.0346 e. The lowest BCUT2D eigenvalue weighted by Gasteiger charge is -2.38. The highest BCUT2D eigenvalue weighted by atomic mass is 31.1. The first-order valence-electron chi connectivity index (χ1n) is 11.6. The summed E-state index contributed by atoms with van der Waals surface area (Å²) in [6.07, 6.45) is 17.5. The molecule has 0 saturated heterocycles. The largest absolute Gasteiger partial charge is 0.107 e. The maximum absolute atomic E-state index is 2.55. The minimum Gasteiger partial charge on any atom is -0.107 e. The third-order valence-electron chi connectivity index (χ3n) is 6.12. The van der Waals surface area contributed by atoms with Gasteiger partial charge in [0.25, 0.3) is 0 Å². The molecule has 0 amide bonds. The summed E-state index contributed by atoms with van der Waals surface area (Å²) < 4.78 is 0. The molecule has 0 radical (unpaired) electrons. The third kappa shape index (κ3) is 5.60. The first kappa shape index (κ1) is 23.4. The number of allylic oxidation sites excluding steroid dienone is 4. The topological polar surface area (TPSA) is 0 Å². The Kier molecular flexibility index (Phi) is 9.01. The van der Waals surface area contributed by atoms with E-state index in [0.29, 0.717) is 17.8 Å². The molecule has 0 heterocycles. The summed E-state index contributed by atoms with van der Waals surface area (Å²) in [5.41, 5.74) is 6.36. The van der Waals surface area contributed by atoms with Crippen LogP contribution in [0.25, 0.3) is 0 Å². The minimum absolute atomic E-state index is 0.204. The second-order valence-corrected chi connectivity index (χ2v) is 11.2. The van der Waals surface area contributed by atoms with E-state index in [1.54, 1.807) is 16.7 Å². The predicted molar refractivity (Wildman–Crippen MR) is 131 cm³/mol.